The van der Waals surface area contributed by atoms with Crippen molar-refractivity contribution < 1.29 is 4.42 Å². The predicted octanol–water partition coefficient (Wildman–Crippen LogP) is 15.5. The monoisotopic (exact) mass is 730 g/mol. The molecule has 3 heteroatoms. The van der Waals surface area contributed by atoms with E-state index in [2.05, 4.69) is 228 Å². The second-order valence-corrected chi connectivity index (χ2v) is 14.1. The molecule has 3 nitrogen and oxygen atoms in total. The van der Waals surface area contributed by atoms with E-state index in [9.17, 15) is 0 Å². The maximum Gasteiger partial charge on any atom is 0.143 e. The van der Waals surface area contributed by atoms with Crippen LogP contribution in [0.4, 0.5) is 34.1 Å². The van der Waals surface area contributed by atoms with Crippen LogP contribution < -0.4 is 9.80 Å². The van der Waals surface area contributed by atoms with Crippen LogP contribution in [0.1, 0.15) is 0 Å². The zero-order chi connectivity index (χ0) is 38.0. The Labute approximate surface area is 333 Å². The van der Waals surface area contributed by atoms with E-state index in [1.165, 1.54) is 11.1 Å². The molecule has 0 aliphatic carbocycles. The molecule has 0 aliphatic heterocycles. The molecule has 1 aromatic heterocycles. The first-order valence-electron chi connectivity index (χ1n) is 19.4. The van der Waals surface area contributed by atoms with Gasteiger partial charge in [0.2, 0.25) is 0 Å². The first kappa shape index (κ1) is 33.9. The molecular formula is C54H38N2O. The van der Waals surface area contributed by atoms with E-state index < -0.39 is 0 Å². The van der Waals surface area contributed by atoms with Gasteiger partial charge in [-0.2, -0.15) is 0 Å². The fraction of sp³-hybridized carbons (Fsp3) is 0. The van der Waals surface area contributed by atoms with Crippen molar-refractivity contribution in [1.82, 2.24) is 0 Å². The van der Waals surface area contributed by atoms with Crippen LogP contribution in [0.5, 0.6) is 0 Å². The van der Waals surface area contributed by atoms with Crippen LogP contribution >= 0.6 is 0 Å². The van der Waals surface area contributed by atoms with E-state index >= 15 is 0 Å². The zero-order valence-corrected chi connectivity index (χ0v) is 31.2. The molecule has 10 aromatic rings. The predicted molar refractivity (Wildman–Crippen MR) is 239 cm³/mol. The van der Waals surface area contributed by atoms with E-state index in [0.717, 1.165) is 78.3 Å². The van der Waals surface area contributed by atoms with Crippen molar-refractivity contribution in [2.75, 3.05) is 9.80 Å². The van der Waals surface area contributed by atoms with Gasteiger partial charge in [-0.1, -0.05) is 164 Å². The Balaban J connectivity index is 1.13. The molecule has 0 atom stereocenters. The van der Waals surface area contributed by atoms with Crippen molar-refractivity contribution in [2.24, 2.45) is 0 Å². The maximum atomic E-state index is 6.45. The Morgan fingerprint density at radius 2 is 0.667 bits per heavy atom. The number of para-hydroxylation sites is 6. The first-order valence-corrected chi connectivity index (χ1v) is 19.4. The van der Waals surface area contributed by atoms with Crippen LogP contribution in [0.3, 0.4) is 0 Å². The van der Waals surface area contributed by atoms with Gasteiger partial charge < -0.3 is 14.2 Å². The van der Waals surface area contributed by atoms with Crippen molar-refractivity contribution in [1.29, 1.82) is 0 Å². The van der Waals surface area contributed by atoms with Crippen LogP contribution in [-0.2, 0) is 0 Å². The summed E-state index contributed by atoms with van der Waals surface area (Å²) in [5, 5.41) is 2.26. The summed E-state index contributed by atoms with van der Waals surface area (Å²) in [6, 6.07) is 81.7. The molecule has 1 heterocycles. The number of nitrogens with zero attached hydrogens (tertiary/aromatic N) is 2. The minimum atomic E-state index is 0.900. The number of rotatable bonds is 9. The Morgan fingerprint density at radius 1 is 0.263 bits per heavy atom. The fourth-order valence-electron chi connectivity index (χ4n) is 8.00. The van der Waals surface area contributed by atoms with Crippen LogP contribution in [0.15, 0.2) is 235 Å². The van der Waals surface area contributed by atoms with E-state index in [0.29, 0.717) is 0 Å². The van der Waals surface area contributed by atoms with E-state index in [4.69, 9.17) is 4.42 Å². The highest BCUT2D eigenvalue weighted by atomic mass is 16.3. The Morgan fingerprint density at radius 3 is 1.25 bits per heavy atom. The molecule has 0 radical (unpaired) electrons. The highest BCUT2D eigenvalue weighted by Gasteiger charge is 2.22. The van der Waals surface area contributed by atoms with Gasteiger partial charge in [-0.3, -0.25) is 0 Å². The van der Waals surface area contributed by atoms with Gasteiger partial charge in [-0.25, -0.2) is 0 Å². The van der Waals surface area contributed by atoms with Gasteiger partial charge in [0, 0.05) is 50.2 Å². The van der Waals surface area contributed by atoms with E-state index in [1.807, 2.05) is 12.1 Å². The minimum Gasteiger partial charge on any atom is -0.455 e. The summed E-state index contributed by atoms with van der Waals surface area (Å²) >= 11 is 0. The summed E-state index contributed by atoms with van der Waals surface area (Å²) in [6.07, 6.45) is 0. The van der Waals surface area contributed by atoms with Gasteiger partial charge in [0.15, 0.2) is 0 Å². The summed E-state index contributed by atoms with van der Waals surface area (Å²) < 4.78 is 6.45. The minimum absolute atomic E-state index is 0.900. The summed E-state index contributed by atoms with van der Waals surface area (Å²) in [5.74, 6) is 0. The molecule has 0 fully saturated rings. The number of hydrogen-bond acceptors (Lipinski definition) is 3. The molecule has 0 N–H and O–H groups in total. The standard InChI is InChI=1S/C54H38N2O/c1-4-17-39(18-5-1)40-31-35-44(36-32-40)56(45-37-33-41(34-38-45)46-26-16-27-50-49-25-12-15-30-53(49)57-54(46)50)52-29-14-11-24-48(52)47-23-10-13-28-51(47)55(42-19-6-2-7-20-42)43-21-8-3-9-22-43/h1-38H. The Hall–Kier alpha value is -7.62. The van der Waals surface area contributed by atoms with Gasteiger partial charge in [0.1, 0.15) is 11.2 Å². The Bertz CT molecular complexity index is 2900. The molecule has 0 bridgehead atoms. The smallest absolute Gasteiger partial charge is 0.143 e. The van der Waals surface area contributed by atoms with E-state index in [-0.39, 0.29) is 0 Å². The molecular weight excluding hydrogens is 693 g/mol. The molecule has 57 heavy (non-hydrogen) atoms. The molecule has 0 unspecified atom stereocenters. The van der Waals surface area contributed by atoms with Crippen molar-refractivity contribution in [2.45, 2.75) is 0 Å². The molecule has 270 valence electrons. The normalized spacial score (nSPS) is 11.2. The second-order valence-electron chi connectivity index (χ2n) is 14.1. The average molecular weight is 731 g/mol. The molecule has 0 saturated heterocycles. The van der Waals surface area contributed by atoms with Crippen LogP contribution in [-0.4, -0.2) is 0 Å². The lowest BCUT2D eigenvalue weighted by Gasteiger charge is -2.31. The van der Waals surface area contributed by atoms with Crippen molar-refractivity contribution in [3.8, 4) is 33.4 Å². The number of fused-ring (bicyclic) bond motifs is 3. The zero-order valence-electron chi connectivity index (χ0n) is 31.2. The third kappa shape index (κ3) is 6.41. The molecule has 0 aliphatic rings. The van der Waals surface area contributed by atoms with Crippen LogP contribution in [0.2, 0.25) is 0 Å². The molecule has 0 amide bonds. The fourth-order valence-corrected chi connectivity index (χ4v) is 8.00. The molecule has 0 spiro atoms. The number of hydrogen-bond donors (Lipinski definition) is 0. The average Bonchev–Trinajstić information content (AvgIpc) is 3.68. The number of furan rings is 1. The maximum absolute atomic E-state index is 6.45. The quantitative estimate of drug-likeness (QED) is 0.147. The van der Waals surface area contributed by atoms with Crippen molar-refractivity contribution in [3.63, 3.8) is 0 Å². The van der Waals surface area contributed by atoms with Crippen LogP contribution in [0, 0.1) is 0 Å². The Kier molecular flexibility index (Phi) is 8.86. The number of benzene rings is 9. The topological polar surface area (TPSA) is 19.6 Å². The highest BCUT2D eigenvalue weighted by molar-refractivity contribution is 6.09. The third-order valence-electron chi connectivity index (χ3n) is 10.7. The molecule has 9 aromatic carbocycles. The summed E-state index contributed by atoms with van der Waals surface area (Å²) in [5.41, 5.74) is 15.1. The highest BCUT2D eigenvalue weighted by Crippen LogP contribution is 2.47. The van der Waals surface area contributed by atoms with Gasteiger partial charge >= 0.3 is 0 Å². The molecule has 10 rings (SSSR count). The summed E-state index contributed by atoms with van der Waals surface area (Å²) in [6.45, 7) is 0. The van der Waals surface area contributed by atoms with Gasteiger partial charge in [-0.15, -0.1) is 0 Å². The SMILES string of the molecule is c1ccc(-c2ccc(N(c3ccc(-c4cccc5c4oc4ccccc45)cc3)c3ccccc3-c3ccccc3N(c3ccccc3)c3ccccc3)cc2)cc1. The summed E-state index contributed by atoms with van der Waals surface area (Å²) in [4.78, 5) is 4.72. The van der Waals surface area contributed by atoms with Gasteiger partial charge in [0.25, 0.3) is 0 Å². The van der Waals surface area contributed by atoms with Gasteiger partial charge in [0.05, 0.1) is 11.4 Å². The lowest BCUT2D eigenvalue weighted by Crippen LogP contribution is -2.13. The van der Waals surface area contributed by atoms with Gasteiger partial charge in [-0.05, 0) is 83.4 Å². The lowest BCUT2D eigenvalue weighted by molar-refractivity contribution is 0.670. The van der Waals surface area contributed by atoms with E-state index in [1.54, 1.807) is 0 Å². The number of anilines is 6. The summed E-state index contributed by atoms with van der Waals surface area (Å²) in [7, 11) is 0. The second kappa shape index (κ2) is 14.9. The third-order valence-corrected chi connectivity index (χ3v) is 10.7. The van der Waals surface area contributed by atoms with Crippen molar-refractivity contribution >= 4 is 56.1 Å². The van der Waals surface area contributed by atoms with Crippen LogP contribution in [0.25, 0.3) is 55.3 Å². The lowest BCUT2D eigenvalue weighted by atomic mass is 9.98. The molecule has 0 saturated carbocycles. The van der Waals surface area contributed by atoms with Crippen molar-refractivity contribution in [3.05, 3.63) is 231 Å². The first-order chi connectivity index (χ1) is 28.3. The largest absolute Gasteiger partial charge is 0.455 e.